The zero-order valence-corrected chi connectivity index (χ0v) is 8.73. The maximum absolute atomic E-state index is 9.73. The van der Waals surface area contributed by atoms with Gasteiger partial charge < -0.3 is 10.8 Å². The molecule has 4 nitrogen and oxygen atoms in total. The molecule has 0 bridgehead atoms. The Morgan fingerprint density at radius 3 is 2.67 bits per heavy atom. The number of nitrogens with zero attached hydrogens (tertiary/aromatic N) is 2. The molecule has 0 amide bonds. The highest BCUT2D eigenvalue weighted by atomic mass is 16.3. The third-order valence-corrected chi connectivity index (χ3v) is 2.43. The Labute approximate surface area is 88.0 Å². The molecule has 0 radical (unpaired) electrons. The first-order chi connectivity index (χ1) is 7.09. The molecule has 0 saturated carbocycles. The van der Waals surface area contributed by atoms with Gasteiger partial charge in [-0.25, -0.2) is 0 Å². The van der Waals surface area contributed by atoms with Crippen LogP contribution in [-0.4, -0.2) is 14.9 Å². The van der Waals surface area contributed by atoms with Gasteiger partial charge in [-0.1, -0.05) is 11.6 Å². The zero-order valence-electron chi connectivity index (χ0n) is 8.73. The number of aryl methyl sites for hydroxylation is 2. The summed E-state index contributed by atoms with van der Waals surface area (Å²) >= 11 is 0. The largest absolute Gasteiger partial charge is 0.507 e. The van der Waals surface area contributed by atoms with Crippen LogP contribution in [0, 0.1) is 6.92 Å². The van der Waals surface area contributed by atoms with E-state index in [0.717, 1.165) is 16.7 Å². The molecule has 15 heavy (non-hydrogen) atoms. The van der Waals surface area contributed by atoms with Crippen molar-refractivity contribution in [1.29, 1.82) is 0 Å². The van der Waals surface area contributed by atoms with Crippen LogP contribution in [0.2, 0.25) is 0 Å². The first-order valence-electron chi connectivity index (χ1n) is 4.67. The number of aromatic nitrogens is 2. The van der Waals surface area contributed by atoms with E-state index in [2.05, 4.69) is 5.10 Å². The first-order valence-corrected chi connectivity index (χ1v) is 4.67. The van der Waals surface area contributed by atoms with Gasteiger partial charge in [0.25, 0.3) is 0 Å². The summed E-state index contributed by atoms with van der Waals surface area (Å²) in [5, 5.41) is 13.8. The number of aromatic hydroxyl groups is 1. The van der Waals surface area contributed by atoms with E-state index in [-0.39, 0.29) is 5.75 Å². The van der Waals surface area contributed by atoms with Crippen molar-refractivity contribution in [2.24, 2.45) is 7.05 Å². The SMILES string of the molecule is Cc1ccc(O)c(-c2cnn(C)c2N)c1. The van der Waals surface area contributed by atoms with Crippen molar-refractivity contribution < 1.29 is 5.11 Å². The van der Waals surface area contributed by atoms with Gasteiger partial charge in [0.2, 0.25) is 0 Å². The Morgan fingerprint density at radius 1 is 1.33 bits per heavy atom. The molecular weight excluding hydrogens is 190 g/mol. The third kappa shape index (κ3) is 1.54. The highest BCUT2D eigenvalue weighted by Gasteiger charge is 2.11. The minimum Gasteiger partial charge on any atom is -0.507 e. The van der Waals surface area contributed by atoms with Gasteiger partial charge in [-0.15, -0.1) is 0 Å². The van der Waals surface area contributed by atoms with Crippen molar-refractivity contribution in [3.8, 4) is 16.9 Å². The topological polar surface area (TPSA) is 64.1 Å². The second-order valence-corrected chi connectivity index (χ2v) is 3.59. The lowest BCUT2D eigenvalue weighted by atomic mass is 10.0. The second-order valence-electron chi connectivity index (χ2n) is 3.59. The lowest BCUT2D eigenvalue weighted by molar-refractivity contribution is 0.477. The van der Waals surface area contributed by atoms with Crippen LogP contribution in [-0.2, 0) is 7.05 Å². The van der Waals surface area contributed by atoms with E-state index in [1.807, 2.05) is 19.1 Å². The molecule has 4 heteroatoms. The predicted octanol–water partition coefficient (Wildman–Crippen LogP) is 1.68. The summed E-state index contributed by atoms with van der Waals surface area (Å²) in [5.74, 6) is 0.774. The fraction of sp³-hybridized carbons (Fsp3) is 0.182. The summed E-state index contributed by atoms with van der Waals surface area (Å²) in [6, 6.07) is 5.41. The number of phenols is 1. The van der Waals surface area contributed by atoms with Crippen LogP contribution in [0.15, 0.2) is 24.4 Å². The van der Waals surface area contributed by atoms with Gasteiger partial charge in [0.15, 0.2) is 0 Å². The van der Waals surface area contributed by atoms with E-state index in [1.165, 1.54) is 0 Å². The quantitative estimate of drug-likeness (QED) is 0.741. The monoisotopic (exact) mass is 203 g/mol. The van der Waals surface area contributed by atoms with E-state index in [4.69, 9.17) is 5.73 Å². The van der Waals surface area contributed by atoms with Gasteiger partial charge in [-0.3, -0.25) is 4.68 Å². The van der Waals surface area contributed by atoms with Crippen molar-refractivity contribution in [2.45, 2.75) is 6.92 Å². The molecular formula is C11H13N3O. The molecule has 2 aromatic rings. The Hall–Kier alpha value is -1.97. The standard InChI is InChI=1S/C11H13N3O/c1-7-3-4-10(15)8(5-7)9-6-13-14(2)11(9)12/h3-6,15H,12H2,1-2H3. The molecule has 0 atom stereocenters. The first kappa shape index (κ1) is 9.58. The average molecular weight is 203 g/mol. The fourth-order valence-electron chi connectivity index (χ4n) is 1.52. The number of anilines is 1. The Bertz CT molecular complexity index is 503. The van der Waals surface area contributed by atoms with Gasteiger partial charge in [-0.2, -0.15) is 5.10 Å². The maximum atomic E-state index is 9.73. The predicted molar refractivity (Wildman–Crippen MR) is 59.5 cm³/mol. The van der Waals surface area contributed by atoms with Crippen LogP contribution in [0.4, 0.5) is 5.82 Å². The smallest absolute Gasteiger partial charge is 0.129 e. The lowest BCUT2D eigenvalue weighted by Gasteiger charge is -2.04. The molecule has 1 aromatic carbocycles. The maximum Gasteiger partial charge on any atom is 0.129 e. The number of hydrogen-bond acceptors (Lipinski definition) is 3. The molecule has 0 saturated heterocycles. The number of hydrogen-bond donors (Lipinski definition) is 2. The van der Waals surface area contributed by atoms with E-state index >= 15 is 0 Å². The number of nitrogen functional groups attached to an aromatic ring is 1. The van der Waals surface area contributed by atoms with Crippen LogP contribution < -0.4 is 5.73 Å². The van der Waals surface area contributed by atoms with Gasteiger partial charge >= 0.3 is 0 Å². The van der Waals surface area contributed by atoms with Crippen LogP contribution >= 0.6 is 0 Å². The third-order valence-electron chi connectivity index (χ3n) is 2.43. The van der Waals surface area contributed by atoms with E-state index in [9.17, 15) is 5.11 Å². The Kier molecular flexibility index (Phi) is 2.11. The van der Waals surface area contributed by atoms with Crippen LogP contribution in [0.3, 0.4) is 0 Å². The Morgan fingerprint density at radius 2 is 2.07 bits per heavy atom. The summed E-state index contributed by atoms with van der Waals surface area (Å²) < 4.78 is 1.58. The molecule has 1 aromatic heterocycles. The van der Waals surface area contributed by atoms with Crippen molar-refractivity contribution in [3.63, 3.8) is 0 Å². The van der Waals surface area contributed by atoms with E-state index in [1.54, 1.807) is 24.0 Å². The summed E-state index contributed by atoms with van der Waals surface area (Å²) in [5.41, 5.74) is 8.40. The molecule has 0 aliphatic rings. The minimum absolute atomic E-state index is 0.223. The summed E-state index contributed by atoms with van der Waals surface area (Å²) in [7, 11) is 1.77. The molecule has 3 N–H and O–H groups in total. The summed E-state index contributed by atoms with van der Waals surface area (Å²) in [6.45, 7) is 1.97. The number of benzene rings is 1. The number of phenolic OH excluding ortho intramolecular Hbond substituents is 1. The molecule has 0 spiro atoms. The molecule has 0 aliphatic carbocycles. The van der Waals surface area contributed by atoms with Crippen molar-refractivity contribution in [2.75, 3.05) is 5.73 Å². The van der Waals surface area contributed by atoms with Gasteiger partial charge in [-0.05, 0) is 19.1 Å². The van der Waals surface area contributed by atoms with Crippen molar-refractivity contribution in [1.82, 2.24) is 9.78 Å². The summed E-state index contributed by atoms with van der Waals surface area (Å²) in [4.78, 5) is 0. The molecule has 0 fully saturated rings. The fourth-order valence-corrected chi connectivity index (χ4v) is 1.52. The molecule has 0 unspecified atom stereocenters. The number of rotatable bonds is 1. The van der Waals surface area contributed by atoms with Crippen molar-refractivity contribution >= 4 is 5.82 Å². The normalized spacial score (nSPS) is 10.5. The highest BCUT2D eigenvalue weighted by molar-refractivity contribution is 5.78. The van der Waals surface area contributed by atoms with Gasteiger partial charge in [0.05, 0.1) is 6.20 Å². The average Bonchev–Trinajstić information content (AvgIpc) is 2.52. The molecule has 2 rings (SSSR count). The second kappa shape index (κ2) is 3.31. The Balaban J connectivity index is 2.63. The highest BCUT2D eigenvalue weighted by Crippen LogP contribution is 2.33. The molecule has 78 valence electrons. The lowest BCUT2D eigenvalue weighted by Crippen LogP contribution is -1.98. The van der Waals surface area contributed by atoms with Gasteiger partial charge in [0, 0.05) is 18.2 Å². The summed E-state index contributed by atoms with van der Waals surface area (Å²) in [6.07, 6.45) is 1.66. The number of nitrogens with two attached hydrogens (primary N) is 1. The van der Waals surface area contributed by atoms with Crippen LogP contribution in [0.25, 0.3) is 11.1 Å². The van der Waals surface area contributed by atoms with Crippen molar-refractivity contribution in [3.05, 3.63) is 30.0 Å². The minimum atomic E-state index is 0.223. The van der Waals surface area contributed by atoms with E-state index in [0.29, 0.717) is 5.82 Å². The van der Waals surface area contributed by atoms with E-state index < -0.39 is 0 Å². The van der Waals surface area contributed by atoms with Crippen LogP contribution in [0.1, 0.15) is 5.56 Å². The zero-order chi connectivity index (χ0) is 11.0. The van der Waals surface area contributed by atoms with Crippen LogP contribution in [0.5, 0.6) is 5.75 Å². The molecule has 1 heterocycles. The molecule has 0 aliphatic heterocycles. The van der Waals surface area contributed by atoms with Gasteiger partial charge in [0.1, 0.15) is 11.6 Å².